The average molecular weight is 622 g/mol. The van der Waals surface area contributed by atoms with Gasteiger partial charge in [0, 0.05) is 18.0 Å². The molecule has 1 heterocycles. The lowest BCUT2D eigenvalue weighted by Gasteiger charge is -2.30. The maximum atomic E-state index is 13.7. The van der Waals surface area contributed by atoms with Crippen molar-refractivity contribution in [1.82, 2.24) is 14.3 Å². The van der Waals surface area contributed by atoms with E-state index in [1.165, 1.54) is 16.8 Å². The topological polar surface area (TPSA) is 86.4 Å². The Morgan fingerprint density at radius 1 is 0.978 bits per heavy atom. The summed E-state index contributed by atoms with van der Waals surface area (Å²) < 4.78 is 48.0. The predicted octanol–water partition coefficient (Wildman–Crippen LogP) is 7.67. The number of halogens is 3. The Morgan fingerprint density at radius 2 is 1.67 bits per heavy atom. The van der Waals surface area contributed by atoms with Crippen LogP contribution in [0.15, 0.2) is 71.5 Å². The molecular formula is C35H38F3N3O4. The molecule has 238 valence electrons. The van der Waals surface area contributed by atoms with E-state index >= 15 is 0 Å². The van der Waals surface area contributed by atoms with Gasteiger partial charge in [0.05, 0.1) is 24.3 Å². The number of rotatable bonds is 11. The van der Waals surface area contributed by atoms with Crippen molar-refractivity contribution in [1.29, 1.82) is 0 Å². The van der Waals surface area contributed by atoms with E-state index < -0.39 is 17.7 Å². The molecule has 10 heteroatoms. The Kier molecular flexibility index (Phi) is 9.80. The van der Waals surface area contributed by atoms with Crippen molar-refractivity contribution >= 4 is 5.97 Å². The number of nitrogens with zero attached hydrogens (tertiary/aromatic N) is 3. The van der Waals surface area contributed by atoms with E-state index in [-0.39, 0.29) is 18.2 Å². The minimum Gasteiger partial charge on any atom is -0.494 e. The highest BCUT2D eigenvalue weighted by molar-refractivity contribution is 5.74. The third-order valence-corrected chi connectivity index (χ3v) is 8.57. The monoisotopic (exact) mass is 621 g/mol. The van der Waals surface area contributed by atoms with Gasteiger partial charge in [0.25, 0.3) is 0 Å². The minimum atomic E-state index is -4.46. The van der Waals surface area contributed by atoms with Gasteiger partial charge in [0.1, 0.15) is 11.6 Å². The second-order valence-corrected chi connectivity index (χ2v) is 11.7. The molecular weight excluding hydrogens is 583 g/mol. The quantitative estimate of drug-likeness (QED) is 0.186. The molecule has 1 saturated carbocycles. The van der Waals surface area contributed by atoms with Gasteiger partial charge in [-0.25, -0.2) is 4.79 Å². The number of carboxylic acids is 1. The molecule has 1 aromatic heterocycles. The van der Waals surface area contributed by atoms with Crippen LogP contribution in [0.5, 0.6) is 5.75 Å². The van der Waals surface area contributed by atoms with E-state index in [0.717, 1.165) is 67.3 Å². The van der Waals surface area contributed by atoms with Crippen LogP contribution in [0.3, 0.4) is 0 Å². The largest absolute Gasteiger partial charge is 0.494 e. The zero-order valence-electron chi connectivity index (χ0n) is 25.5. The van der Waals surface area contributed by atoms with E-state index in [2.05, 4.69) is 12.0 Å². The van der Waals surface area contributed by atoms with Crippen LogP contribution in [0.2, 0.25) is 0 Å². The summed E-state index contributed by atoms with van der Waals surface area (Å²) in [5.74, 6) is 0.598. The second kappa shape index (κ2) is 13.7. The Labute approximate surface area is 260 Å². The highest BCUT2D eigenvalue weighted by atomic mass is 19.4. The van der Waals surface area contributed by atoms with Gasteiger partial charge in [0.15, 0.2) is 0 Å². The number of aliphatic carboxylic acids is 1. The Balaban J connectivity index is 1.33. The van der Waals surface area contributed by atoms with Crippen molar-refractivity contribution in [2.24, 2.45) is 5.92 Å². The summed E-state index contributed by atoms with van der Waals surface area (Å²) in [5, 5.41) is 14.0. The van der Waals surface area contributed by atoms with Crippen molar-refractivity contribution in [3.63, 3.8) is 0 Å². The molecule has 45 heavy (non-hydrogen) atoms. The summed E-state index contributed by atoms with van der Waals surface area (Å²) in [6.45, 7) is 4.45. The summed E-state index contributed by atoms with van der Waals surface area (Å²) >= 11 is 0. The number of hydrogen-bond donors (Lipinski definition) is 1. The average Bonchev–Trinajstić information content (AvgIpc) is 3.33. The molecule has 1 aliphatic rings. The molecule has 1 aliphatic carbocycles. The summed E-state index contributed by atoms with van der Waals surface area (Å²) in [6, 6.07) is 18.2. The molecule has 0 spiro atoms. The number of carboxylic acid groups (broad SMARTS) is 1. The fourth-order valence-electron chi connectivity index (χ4n) is 6.23. The SMILES string of the molecule is CCOc1ccc(-c2ccc(CCCc3nn(-c4ccc(C(F)(F)F)cc4)c(=O)n3C3CCCCC3C)cc2)cc1CC(=O)O. The zero-order chi connectivity index (χ0) is 32.1. The van der Waals surface area contributed by atoms with Gasteiger partial charge in [-0.3, -0.25) is 9.36 Å². The molecule has 7 nitrogen and oxygen atoms in total. The van der Waals surface area contributed by atoms with E-state index in [9.17, 15) is 27.9 Å². The fourth-order valence-corrected chi connectivity index (χ4v) is 6.23. The van der Waals surface area contributed by atoms with Crippen LogP contribution in [0, 0.1) is 5.92 Å². The number of ether oxygens (including phenoxy) is 1. The number of aromatic nitrogens is 3. The van der Waals surface area contributed by atoms with Gasteiger partial charge < -0.3 is 9.84 Å². The van der Waals surface area contributed by atoms with Crippen LogP contribution in [-0.2, 0) is 30.2 Å². The van der Waals surface area contributed by atoms with Crippen LogP contribution < -0.4 is 10.4 Å². The molecule has 5 rings (SSSR count). The van der Waals surface area contributed by atoms with Crippen LogP contribution >= 0.6 is 0 Å². The predicted molar refractivity (Wildman–Crippen MR) is 166 cm³/mol. The van der Waals surface area contributed by atoms with Gasteiger partial charge in [-0.1, -0.05) is 50.1 Å². The standard InChI is InChI=1S/C35H38F3N3O4/c1-3-45-31-20-15-26(21-27(31)22-33(42)43)25-13-11-24(12-14-25)8-6-10-32-39-41(29-18-16-28(17-19-29)35(36,37)38)34(44)40(32)30-9-5-4-7-23(30)2/h11-21,23,30H,3-10,22H2,1-2H3,(H,42,43). The zero-order valence-corrected chi connectivity index (χ0v) is 25.5. The molecule has 2 atom stereocenters. The van der Waals surface area contributed by atoms with Crippen LogP contribution in [0.25, 0.3) is 16.8 Å². The normalized spacial score (nSPS) is 16.9. The molecule has 0 saturated heterocycles. The highest BCUT2D eigenvalue weighted by Crippen LogP contribution is 2.34. The minimum absolute atomic E-state index is 0.00358. The third kappa shape index (κ3) is 7.49. The highest BCUT2D eigenvalue weighted by Gasteiger charge is 2.31. The molecule has 1 N–H and O–H groups in total. The maximum absolute atomic E-state index is 13.7. The van der Waals surface area contributed by atoms with Crippen LogP contribution in [0.1, 0.15) is 74.5 Å². The van der Waals surface area contributed by atoms with Crippen molar-refractivity contribution in [3.05, 3.63) is 99.7 Å². The van der Waals surface area contributed by atoms with Crippen molar-refractivity contribution in [2.45, 2.75) is 77.4 Å². The molecule has 0 radical (unpaired) electrons. The van der Waals surface area contributed by atoms with Crippen molar-refractivity contribution < 1.29 is 27.8 Å². The molecule has 1 fully saturated rings. The Bertz CT molecular complexity index is 1670. The van der Waals surface area contributed by atoms with Crippen LogP contribution in [-0.4, -0.2) is 32.0 Å². The summed E-state index contributed by atoms with van der Waals surface area (Å²) in [7, 11) is 0. The first-order valence-corrected chi connectivity index (χ1v) is 15.5. The first kappa shape index (κ1) is 32.1. The third-order valence-electron chi connectivity index (χ3n) is 8.57. The van der Waals surface area contributed by atoms with Crippen LogP contribution in [0.4, 0.5) is 13.2 Å². The smallest absolute Gasteiger partial charge is 0.416 e. The number of aryl methyl sites for hydroxylation is 2. The van der Waals surface area contributed by atoms with Gasteiger partial charge >= 0.3 is 17.8 Å². The summed E-state index contributed by atoms with van der Waals surface area (Å²) in [4.78, 5) is 25.0. The Hall–Kier alpha value is -4.34. The first-order valence-electron chi connectivity index (χ1n) is 15.5. The van der Waals surface area contributed by atoms with Crippen molar-refractivity contribution in [2.75, 3.05) is 6.61 Å². The molecule has 4 aromatic rings. The number of alkyl halides is 3. The number of hydrogen-bond acceptors (Lipinski definition) is 4. The van der Waals surface area contributed by atoms with Crippen molar-refractivity contribution in [3.8, 4) is 22.6 Å². The van der Waals surface area contributed by atoms with E-state index in [0.29, 0.717) is 41.8 Å². The summed E-state index contributed by atoms with van der Waals surface area (Å²) in [5.41, 5.74) is 2.83. The lowest BCUT2D eigenvalue weighted by molar-refractivity contribution is -0.138. The molecule has 0 bridgehead atoms. The maximum Gasteiger partial charge on any atom is 0.416 e. The fraction of sp³-hybridized carbons (Fsp3) is 0.400. The summed E-state index contributed by atoms with van der Waals surface area (Å²) in [6.07, 6.45) is 1.46. The van der Waals surface area contributed by atoms with Gasteiger partial charge in [0.2, 0.25) is 0 Å². The number of benzene rings is 3. The molecule has 3 aromatic carbocycles. The lowest BCUT2D eigenvalue weighted by atomic mass is 9.85. The lowest BCUT2D eigenvalue weighted by Crippen LogP contribution is -2.32. The van der Waals surface area contributed by atoms with Gasteiger partial charge in [-0.15, -0.1) is 5.10 Å². The Morgan fingerprint density at radius 3 is 2.31 bits per heavy atom. The first-order chi connectivity index (χ1) is 21.5. The van der Waals surface area contributed by atoms with Gasteiger partial charge in [-0.05, 0) is 91.6 Å². The van der Waals surface area contributed by atoms with E-state index in [1.807, 2.05) is 49.4 Å². The molecule has 0 amide bonds. The van der Waals surface area contributed by atoms with E-state index in [4.69, 9.17) is 4.74 Å². The van der Waals surface area contributed by atoms with Gasteiger partial charge in [-0.2, -0.15) is 17.9 Å². The molecule has 2 unspecified atom stereocenters. The molecule has 0 aliphatic heterocycles. The second-order valence-electron chi connectivity index (χ2n) is 11.7. The van der Waals surface area contributed by atoms with E-state index in [1.54, 1.807) is 4.57 Å². The number of carbonyl (C=O) groups is 1.